The SMILES string of the molecule is CC(C)NC(C)C(O)C(=O)NC(C)(C)c1cccc(Cl)c1. The van der Waals surface area contributed by atoms with E-state index in [0.717, 1.165) is 5.56 Å². The van der Waals surface area contributed by atoms with Gasteiger partial charge in [0.2, 0.25) is 0 Å². The fraction of sp³-hybridized carbons (Fsp3) is 0.562. The summed E-state index contributed by atoms with van der Waals surface area (Å²) in [6.07, 6.45) is -1.11. The van der Waals surface area contributed by atoms with Crippen LogP contribution in [0.15, 0.2) is 24.3 Å². The van der Waals surface area contributed by atoms with E-state index in [1.54, 1.807) is 13.0 Å². The highest BCUT2D eigenvalue weighted by Gasteiger charge is 2.29. The molecule has 21 heavy (non-hydrogen) atoms. The van der Waals surface area contributed by atoms with E-state index in [1.165, 1.54) is 0 Å². The summed E-state index contributed by atoms with van der Waals surface area (Å²) in [7, 11) is 0. The number of nitrogens with one attached hydrogen (secondary N) is 2. The van der Waals surface area contributed by atoms with Crippen molar-refractivity contribution in [2.24, 2.45) is 0 Å². The summed E-state index contributed by atoms with van der Waals surface area (Å²) >= 11 is 5.99. The van der Waals surface area contributed by atoms with Crippen molar-refractivity contribution in [3.05, 3.63) is 34.9 Å². The predicted molar refractivity (Wildman–Crippen MR) is 86.4 cm³/mol. The smallest absolute Gasteiger partial charge is 0.251 e. The summed E-state index contributed by atoms with van der Waals surface area (Å²) < 4.78 is 0. The number of halogens is 1. The van der Waals surface area contributed by atoms with E-state index >= 15 is 0 Å². The number of aliphatic hydroxyl groups is 1. The van der Waals surface area contributed by atoms with E-state index in [2.05, 4.69) is 10.6 Å². The predicted octanol–water partition coefficient (Wildman–Crippen LogP) is 2.44. The van der Waals surface area contributed by atoms with E-state index in [4.69, 9.17) is 11.6 Å². The van der Waals surface area contributed by atoms with E-state index in [1.807, 2.05) is 45.9 Å². The molecule has 3 N–H and O–H groups in total. The fourth-order valence-corrected chi connectivity index (χ4v) is 2.37. The monoisotopic (exact) mass is 312 g/mol. The van der Waals surface area contributed by atoms with E-state index < -0.39 is 17.6 Å². The molecule has 118 valence electrons. The van der Waals surface area contributed by atoms with Gasteiger partial charge in [-0.15, -0.1) is 0 Å². The number of aliphatic hydroxyl groups excluding tert-OH is 1. The first-order chi connectivity index (χ1) is 9.63. The molecule has 0 aliphatic heterocycles. The molecule has 1 aromatic carbocycles. The average molecular weight is 313 g/mol. The third kappa shape index (κ3) is 5.30. The van der Waals surface area contributed by atoms with Crippen molar-refractivity contribution in [1.82, 2.24) is 10.6 Å². The van der Waals surface area contributed by atoms with Crippen LogP contribution < -0.4 is 10.6 Å². The van der Waals surface area contributed by atoms with Crippen LogP contribution in [0.5, 0.6) is 0 Å². The summed E-state index contributed by atoms with van der Waals surface area (Å²) in [6, 6.07) is 7.21. The van der Waals surface area contributed by atoms with E-state index in [9.17, 15) is 9.90 Å². The van der Waals surface area contributed by atoms with Gasteiger partial charge < -0.3 is 15.7 Å². The van der Waals surface area contributed by atoms with Gasteiger partial charge in [0.15, 0.2) is 0 Å². The molecule has 0 bridgehead atoms. The van der Waals surface area contributed by atoms with Gasteiger partial charge in [0.1, 0.15) is 6.10 Å². The third-order valence-electron chi connectivity index (χ3n) is 3.32. The number of rotatable bonds is 6. The Morgan fingerprint density at radius 2 is 1.90 bits per heavy atom. The van der Waals surface area contributed by atoms with Crippen LogP contribution in [0.2, 0.25) is 5.02 Å². The van der Waals surface area contributed by atoms with Crippen LogP contribution in [-0.4, -0.2) is 29.2 Å². The normalized spacial score (nSPS) is 14.9. The van der Waals surface area contributed by atoms with Gasteiger partial charge in [0, 0.05) is 17.1 Å². The standard InChI is InChI=1S/C16H25ClN2O2/c1-10(2)18-11(3)14(20)15(21)19-16(4,5)12-7-6-8-13(17)9-12/h6-11,14,18,20H,1-5H3,(H,19,21). The quantitative estimate of drug-likeness (QED) is 0.756. The summed E-state index contributed by atoms with van der Waals surface area (Å²) in [4.78, 5) is 12.2. The Kier molecular flexibility index (Phi) is 6.20. The first kappa shape index (κ1) is 18.0. The molecule has 0 aliphatic carbocycles. The van der Waals surface area contributed by atoms with Crippen LogP contribution in [0.3, 0.4) is 0 Å². The van der Waals surface area contributed by atoms with Gasteiger partial charge in [-0.3, -0.25) is 4.79 Å². The number of carbonyl (C=O) groups is 1. The van der Waals surface area contributed by atoms with Gasteiger partial charge in [-0.1, -0.05) is 37.6 Å². The Bertz CT molecular complexity index is 489. The molecule has 4 nitrogen and oxygen atoms in total. The van der Waals surface area contributed by atoms with Crippen LogP contribution in [0, 0.1) is 0 Å². The van der Waals surface area contributed by atoms with Crippen molar-refractivity contribution in [2.75, 3.05) is 0 Å². The highest BCUT2D eigenvalue weighted by molar-refractivity contribution is 6.30. The number of amides is 1. The first-order valence-corrected chi connectivity index (χ1v) is 7.53. The van der Waals surface area contributed by atoms with Crippen molar-refractivity contribution in [2.45, 2.75) is 58.3 Å². The molecule has 0 radical (unpaired) electrons. The maximum atomic E-state index is 12.2. The summed E-state index contributed by atoms with van der Waals surface area (Å²) in [5, 5.41) is 16.7. The summed E-state index contributed by atoms with van der Waals surface area (Å²) in [5.74, 6) is -0.402. The lowest BCUT2D eigenvalue weighted by atomic mass is 9.93. The lowest BCUT2D eigenvalue weighted by Gasteiger charge is -2.30. The first-order valence-electron chi connectivity index (χ1n) is 7.15. The van der Waals surface area contributed by atoms with Crippen molar-refractivity contribution in [1.29, 1.82) is 0 Å². The molecule has 2 unspecified atom stereocenters. The van der Waals surface area contributed by atoms with Crippen molar-refractivity contribution in [3.8, 4) is 0 Å². The molecule has 2 atom stereocenters. The average Bonchev–Trinajstić information content (AvgIpc) is 2.36. The number of hydrogen-bond acceptors (Lipinski definition) is 3. The van der Waals surface area contributed by atoms with Crippen molar-refractivity contribution in [3.63, 3.8) is 0 Å². The Hall–Kier alpha value is -1.10. The lowest BCUT2D eigenvalue weighted by molar-refractivity contribution is -0.132. The van der Waals surface area contributed by atoms with Crippen molar-refractivity contribution >= 4 is 17.5 Å². The molecule has 1 aromatic rings. The van der Waals surface area contributed by atoms with Gasteiger partial charge in [-0.05, 0) is 38.5 Å². The number of carbonyl (C=O) groups excluding carboxylic acids is 1. The highest BCUT2D eigenvalue weighted by atomic mass is 35.5. The van der Waals surface area contributed by atoms with Gasteiger partial charge in [0.25, 0.3) is 5.91 Å². The molecule has 1 rings (SSSR count). The second kappa shape index (κ2) is 7.25. The van der Waals surface area contributed by atoms with Crippen molar-refractivity contribution < 1.29 is 9.90 Å². The Morgan fingerprint density at radius 3 is 2.43 bits per heavy atom. The second-order valence-corrected chi connectivity index (χ2v) is 6.62. The minimum Gasteiger partial charge on any atom is -0.382 e. The maximum Gasteiger partial charge on any atom is 0.251 e. The molecule has 0 saturated carbocycles. The van der Waals surface area contributed by atoms with Crippen LogP contribution in [0.4, 0.5) is 0 Å². The number of benzene rings is 1. The molecule has 0 fully saturated rings. The molecule has 1 amide bonds. The van der Waals surface area contributed by atoms with E-state index in [0.29, 0.717) is 5.02 Å². The summed E-state index contributed by atoms with van der Waals surface area (Å²) in [6.45, 7) is 9.48. The third-order valence-corrected chi connectivity index (χ3v) is 3.56. The lowest BCUT2D eigenvalue weighted by Crippen LogP contribution is -2.53. The Morgan fingerprint density at radius 1 is 1.29 bits per heavy atom. The molecule has 0 spiro atoms. The van der Waals surface area contributed by atoms with Gasteiger partial charge in [-0.25, -0.2) is 0 Å². The molecule has 0 aliphatic rings. The van der Waals surface area contributed by atoms with Gasteiger partial charge in [-0.2, -0.15) is 0 Å². The van der Waals surface area contributed by atoms with Gasteiger partial charge in [0.05, 0.1) is 5.54 Å². The molecular formula is C16H25ClN2O2. The maximum absolute atomic E-state index is 12.2. The Balaban J connectivity index is 2.76. The zero-order valence-electron chi connectivity index (χ0n) is 13.3. The Labute approximate surface area is 131 Å². The topological polar surface area (TPSA) is 61.4 Å². The van der Waals surface area contributed by atoms with Crippen LogP contribution in [0.1, 0.15) is 40.2 Å². The summed E-state index contributed by atoms with van der Waals surface area (Å²) in [5.41, 5.74) is 0.278. The molecular weight excluding hydrogens is 288 g/mol. The highest BCUT2D eigenvalue weighted by Crippen LogP contribution is 2.23. The molecule has 0 saturated heterocycles. The zero-order valence-corrected chi connectivity index (χ0v) is 14.0. The minimum absolute atomic E-state index is 0.198. The largest absolute Gasteiger partial charge is 0.382 e. The molecule has 0 aromatic heterocycles. The fourth-order valence-electron chi connectivity index (χ4n) is 2.18. The zero-order chi connectivity index (χ0) is 16.2. The number of hydrogen-bond donors (Lipinski definition) is 3. The van der Waals surface area contributed by atoms with Gasteiger partial charge >= 0.3 is 0 Å². The molecule has 0 heterocycles. The van der Waals surface area contributed by atoms with E-state index in [-0.39, 0.29) is 12.1 Å². The second-order valence-electron chi connectivity index (χ2n) is 6.18. The molecule has 5 heteroatoms. The van der Waals surface area contributed by atoms with Crippen LogP contribution in [0.25, 0.3) is 0 Å². The van der Waals surface area contributed by atoms with Crippen LogP contribution >= 0.6 is 11.6 Å². The van der Waals surface area contributed by atoms with Crippen LogP contribution in [-0.2, 0) is 10.3 Å². The minimum atomic E-state index is -1.11.